The maximum Gasteiger partial charge on any atom is 0.150 e. The number of pyridine rings is 1. The predicted molar refractivity (Wildman–Crippen MR) is 80.7 cm³/mol. The minimum atomic E-state index is 0.270. The summed E-state index contributed by atoms with van der Waals surface area (Å²) >= 11 is 12.3. The van der Waals surface area contributed by atoms with E-state index in [-0.39, 0.29) is 6.10 Å². The first kappa shape index (κ1) is 14.7. The second kappa shape index (κ2) is 6.64. The smallest absolute Gasteiger partial charge is 0.150 e. The molecule has 0 spiro atoms. The van der Waals surface area contributed by atoms with Crippen LogP contribution in [0.2, 0.25) is 10.0 Å². The Balaban J connectivity index is 2.21. The first-order valence-corrected chi connectivity index (χ1v) is 7.31. The van der Waals surface area contributed by atoms with E-state index < -0.39 is 0 Å². The molecular weight excluding hydrogens is 285 g/mol. The Bertz CT molecular complexity index is 436. The minimum absolute atomic E-state index is 0.270. The molecule has 106 valence electrons. The highest BCUT2D eigenvalue weighted by atomic mass is 35.5. The molecule has 1 saturated heterocycles. The Kier molecular flexibility index (Phi) is 5.13. The van der Waals surface area contributed by atoms with Gasteiger partial charge in [0.05, 0.1) is 16.1 Å². The van der Waals surface area contributed by atoms with Crippen LogP contribution in [-0.2, 0) is 4.74 Å². The van der Waals surface area contributed by atoms with Crippen molar-refractivity contribution in [3.63, 3.8) is 0 Å². The lowest BCUT2D eigenvalue weighted by Gasteiger charge is -2.26. The van der Waals surface area contributed by atoms with E-state index in [2.05, 4.69) is 22.1 Å². The standard InChI is InChI=1S/C13H19Cl2N3O/c1-3-18(8-9-5-4-6-19-9)13-11(15)7-10(14)12(16-2)17-13/h7,9H,3-6,8H2,1-2H3,(H,16,17). The Labute approximate surface area is 124 Å². The van der Waals surface area contributed by atoms with E-state index >= 15 is 0 Å². The first-order chi connectivity index (χ1) is 9.15. The number of nitrogens with one attached hydrogen (secondary N) is 1. The van der Waals surface area contributed by atoms with Gasteiger partial charge < -0.3 is 15.0 Å². The van der Waals surface area contributed by atoms with Crippen molar-refractivity contribution in [1.82, 2.24) is 4.98 Å². The van der Waals surface area contributed by atoms with Crippen LogP contribution in [0.5, 0.6) is 0 Å². The van der Waals surface area contributed by atoms with Crippen LogP contribution in [0.25, 0.3) is 0 Å². The summed E-state index contributed by atoms with van der Waals surface area (Å²) in [6.07, 6.45) is 2.50. The molecule has 0 radical (unpaired) electrons. The fraction of sp³-hybridized carbons (Fsp3) is 0.615. The molecule has 1 aliphatic rings. The van der Waals surface area contributed by atoms with Crippen LogP contribution in [0.1, 0.15) is 19.8 Å². The normalized spacial score (nSPS) is 18.6. The lowest BCUT2D eigenvalue weighted by atomic mass is 10.2. The summed E-state index contributed by atoms with van der Waals surface area (Å²) in [5, 5.41) is 4.08. The van der Waals surface area contributed by atoms with E-state index in [1.54, 1.807) is 13.1 Å². The molecule has 0 saturated carbocycles. The van der Waals surface area contributed by atoms with Crippen LogP contribution in [0.15, 0.2) is 6.07 Å². The molecule has 1 N–H and O–H groups in total. The number of likely N-dealkylation sites (N-methyl/N-ethyl adjacent to an activating group) is 1. The number of rotatable bonds is 5. The topological polar surface area (TPSA) is 37.4 Å². The van der Waals surface area contributed by atoms with Gasteiger partial charge in [-0.1, -0.05) is 23.2 Å². The van der Waals surface area contributed by atoms with Gasteiger partial charge in [0.25, 0.3) is 0 Å². The highest BCUT2D eigenvalue weighted by molar-refractivity contribution is 6.37. The van der Waals surface area contributed by atoms with Gasteiger partial charge in [-0.25, -0.2) is 4.98 Å². The van der Waals surface area contributed by atoms with Gasteiger partial charge in [-0.05, 0) is 25.8 Å². The Morgan fingerprint density at radius 3 is 2.84 bits per heavy atom. The van der Waals surface area contributed by atoms with E-state index in [1.165, 1.54) is 0 Å². The quantitative estimate of drug-likeness (QED) is 0.904. The summed E-state index contributed by atoms with van der Waals surface area (Å²) in [4.78, 5) is 6.63. The van der Waals surface area contributed by atoms with Crippen LogP contribution in [0.3, 0.4) is 0 Å². The summed E-state index contributed by atoms with van der Waals surface area (Å²) in [5.41, 5.74) is 0. The zero-order valence-electron chi connectivity index (χ0n) is 11.2. The molecule has 1 unspecified atom stereocenters. The van der Waals surface area contributed by atoms with Gasteiger partial charge in [0.1, 0.15) is 11.6 Å². The molecule has 0 amide bonds. The number of nitrogens with zero attached hydrogens (tertiary/aromatic N) is 2. The molecule has 19 heavy (non-hydrogen) atoms. The molecule has 1 aromatic rings. The molecule has 0 bridgehead atoms. The molecular formula is C13H19Cl2N3O. The van der Waals surface area contributed by atoms with E-state index in [0.717, 1.165) is 38.4 Å². The Morgan fingerprint density at radius 1 is 1.47 bits per heavy atom. The monoisotopic (exact) mass is 303 g/mol. The molecule has 6 heteroatoms. The van der Waals surface area contributed by atoms with Gasteiger partial charge in [0.2, 0.25) is 0 Å². The van der Waals surface area contributed by atoms with Crippen LogP contribution in [0, 0.1) is 0 Å². The van der Waals surface area contributed by atoms with Crippen molar-refractivity contribution in [1.29, 1.82) is 0 Å². The number of aromatic nitrogens is 1. The Morgan fingerprint density at radius 2 is 2.26 bits per heavy atom. The number of ether oxygens (including phenoxy) is 1. The maximum absolute atomic E-state index is 6.26. The van der Waals surface area contributed by atoms with Crippen molar-refractivity contribution < 1.29 is 4.74 Å². The van der Waals surface area contributed by atoms with E-state index in [1.807, 2.05) is 0 Å². The molecule has 1 fully saturated rings. The molecule has 2 heterocycles. The molecule has 1 aromatic heterocycles. The second-order valence-corrected chi connectivity index (χ2v) is 5.36. The number of anilines is 2. The summed E-state index contributed by atoms with van der Waals surface area (Å²) in [5.74, 6) is 1.40. The maximum atomic E-state index is 6.26. The molecule has 2 rings (SSSR count). The largest absolute Gasteiger partial charge is 0.376 e. The summed E-state index contributed by atoms with van der Waals surface area (Å²) in [6, 6.07) is 1.73. The van der Waals surface area contributed by atoms with Gasteiger partial charge in [-0.15, -0.1) is 0 Å². The fourth-order valence-electron chi connectivity index (χ4n) is 2.25. The number of hydrogen-bond donors (Lipinski definition) is 1. The van der Waals surface area contributed by atoms with Crippen molar-refractivity contribution in [2.24, 2.45) is 0 Å². The SMILES string of the molecule is CCN(CC1CCCO1)c1nc(NC)c(Cl)cc1Cl. The third kappa shape index (κ3) is 3.44. The predicted octanol–water partition coefficient (Wildman–Crippen LogP) is 3.44. The van der Waals surface area contributed by atoms with Crippen molar-refractivity contribution in [3.05, 3.63) is 16.1 Å². The average Bonchev–Trinajstić information content (AvgIpc) is 2.89. The van der Waals surface area contributed by atoms with Crippen molar-refractivity contribution in [2.45, 2.75) is 25.9 Å². The highest BCUT2D eigenvalue weighted by Crippen LogP contribution is 2.31. The molecule has 0 aromatic carbocycles. The third-order valence-corrected chi connectivity index (χ3v) is 3.84. The average molecular weight is 304 g/mol. The van der Waals surface area contributed by atoms with E-state index in [0.29, 0.717) is 15.9 Å². The van der Waals surface area contributed by atoms with Crippen molar-refractivity contribution in [2.75, 3.05) is 37.0 Å². The van der Waals surface area contributed by atoms with Crippen LogP contribution in [-0.4, -0.2) is 37.8 Å². The molecule has 4 nitrogen and oxygen atoms in total. The first-order valence-electron chi connectivity index (χ1n) is 6.56. The van der Waals surface area contributed by atoms with Crippen LogP contribution >= 0.6 is 23.2 Å². The van der Waals surface area contributed by atoms with Crippen LogP contribution < -0.4 is 10.2 Å². The van der Waals surface area contributed by atoms with Crippen molar-refractivity contribution in [3.8, 4) is 0 Å². The molecule has 1 atom stereocenters. The molecule has 1 aliphatic heterocycles. The van der Waals surface area contributed by atoms with Gasteiger partial charge in [-0.3, -0.25) is 0 Å². The second-order valence-electron chi connectivity index (χ2n) is 4.55. The molecule has 0 aliphatic carbocycles. The van der Waals surface area contributed by atoms with E-state index in [9.17, 15) is 0 Å². The lowest BCUT2D eigenvalue weighted by molar-refractivity contribution is 0.115. The third-order valence-electron chi connectivity index (χ3n) is 3.28. The van der Waals surface area contributed by atoms with Gasteiger partial charge >= 0.3 is 0 Å². The van der Waals surface area contributed by atoms with Gasteiger partial charge in [-0.2, -0.15) is 0 Å². The van der Waals surface area contributed by atoms with Crippen molar-refractivity contribution >= 4 is 34.8 Å². The number of hydrogen-bond acceptors (Lipinski definition) is 4. The fourth-order valence-corrected chi connectivity index (χ4v) is 2.83. The summed E-state index contributed by atoms with van der Waals surface area (Å²) in [7, 11) is 1.79. The summed E-state index contributed by atoms with van der Waals surface area (Å²) in [6.45, 7) is 4.58. The van der Waals surface area contributed by atoms with Gasteiger partial charge in [0, 0.05) is 26.7 Å². The Hall–Kier alpha value is -0.710. The van der Waals surface area contributed by atoms with Gasteiger partial charge in [0.15, 0.2) is 0 Å². The van der Waals surface area contributed by atoms with Crippen LogP contribution in [0.4, 0.5) is 11.6 Å². The minimum Gasteiger partial charge on any atom is -0.376 e. The highest BCUT2D eigenvalue weighted by Gasteiger charge is 2.21. The zero-order valence-corrected chi connectivity index (χ0v) is 12.8. The lowest BCUT2D eigenvalue weighted by Crippen LogP contribution is -2.33. The van der Waals surface area contributed by atoms with E-state index in [4.69, 9.17) is 27.9 Å². The number of halogens is 2. The summed E-state index contributed by atoms with van der Waals surface area (Å²) < 4.78 is 5.67. The zero-order chi connectivity index (χ0) is 13.8.